The molecule has 1 atom stereocenters. The summed E-state index contributed by atoms with van der Waals surface area (Å²) in [6.07, 6.45) is 8.70. The molecule has 4 nitrogen and oxygen atoms in total. The van der Waals surface area contributed by atoms with E-state index in [-0.39, 0.29) is 0 Å². The van der Waals surface area contributed by atoms with Crippen LogP contribution in [-0.4, -0.2) is 9.97 Å². The molecule has 0 saturated heterocycles. The number of imidazole rings is 1. The van der Waals surface area contributed by atoms with E-state index < -0.39 is 0 Å². The summed E-state index contributed by atoms with van der Waals surface area (Å²) in [7, 11) is 0. The Morgan fingerprint density at radius 3 is 2.90 bits per heavy atom. The van der Waals surface area contributed by atoms with E-state index in [4.69, 9.17) is 4.42 Å². The van der Waals surface area contributed by atoms with E-state index >= 15 is 0 Å². The second-order valence-corrected chi connectivity index (χ2v) is 5.43. The summed E-state index contributed by atoms with van der Waals surface area (Å²) >= 11 is 0. The molecule has 2 aromatic heterocycles. The molecule has 4 heteroatoms. The highest BCUT2D eigenvalue weighted by Gasteiger charge is 2.22. The number of rotatable bonds is 3. The van der Waals surface area contributed by atoms with Gasteiger partial charge in [0.05, 0.1) is 30.5 Å². The van der Waals surface area contributed by atoms with Crippen molar-refractivity contribution < 1.29 is 4.42 Å². The molecule has 0 fully saturated rings. The molecule has 1 aliphatic carbocycles. The summed E-state index contributed by atoms with van der Waals surface area (Å²) in [6, 6.07) is 10.9. The first-order valence-corrected chi connectivity index (χ1v) is 7.32. The first-order chi connectivity index (χ1) is 10.4. The Hall–Kier alpha value is -2.49. The molecule has 106 valence electrons. The predicted molar refractivity (Wildman–Crippen MR) is 82.0 cm³/mol. The summed E-state index contributed by atoms with van der Waals surface area (Å²) in [5, 5.41) is 3.61. The molecule has 2 N–H and O–H groups in total. The van der Waals surface area contributed by atoms with Crippen LogP contribution < -0.4 is 5.32 Å². The molecule has 0 spiro atoms. The highest BCUT2D eigenvalue weighted by Crippen LogP contribution is 2.33. The number of nitrogens with zero attached hydrogens (tertiary/aromatic N) is 1. The highest BCUT2D eigenvalue weighted by molar-refractivity contribution is 5.62. The lowest BCUT2D eigenvalue weighted by Gasteiger charge is -2.23. The maximum atomic E-state index is 5.54. The minimum atomic E-state index is 0.352. The standard InChI is InChI=1S/C17H17N3O/c1-2-15(14-8-9-21-17(14)3-1)20-13-6-4-12(5-7-13)16-10-18-11-19-16/h4-11,15,20H,1-3H2,(H,18,19). The minimum absolute atomic E-state index is 0.352. The maximum Gasteiger partial charge on any atom is 0.109 e. The summed E-state index contributed by atoms with van der Waals surface area (Å²) in [5.41, 5.74) is 4.62. The van der Waals surface area contributed by atoms with Crippen molar-refractivity contribution in [1.82, 2.24) is 9.97 Å². The van der Waals surface area contributed by atoms with Crippen molar-refractivity contribution in [2.45, 2.75) is 25.3 Å². The summed E-state index contributed by atoms with van der Waals surface area (Å²) < 4.78 is 5.54. The second kappa shape index (κ2) is 5.13. The van der Waals surface area contributed by atoms with Gasteiger partial charge in [-0.1, -0.05) is 12.1 Å². The number of anilines is 1. The van der Waals surface area contributed by atoms with Crippen molar-refractivity contribution in [3.63, 3.8) is 0 Å². The number of fused-ring (bicyclic) bond motifs is 1. The molecule has 2 heterocycles. The Morgan fingerprint density at radius 2 is 2.10 bits per heavy atom. The van der Waals surface area contributed by atoms with Crippen LogP contribution in [0.5, 0.6) is 0 Å². The average Bonchev–Trinajstić information content (AvgIpc) is 3.20. The van der Waals surface area contributed by atoms with Crippen LogP contribution in [0.15, 0.2) is 53.5 Å². The highest BCUT2D eigenvalue weighted by atomic mass is 16.3. The zero-order valence-electron chi connectivity index (χ0n) is 11.7. The lowest BCUT2D eigenvalue weighted by Crippen LogP contribution is -2.15. The Morgan fingerprint density at radius 1 is 1.19 bits per heavy atom. The first-order valence-electron chi connectivity index (χ1n) is 7.32. The number of furan rings is 1. The molecule has 0 amide bonds. The molecule has 1 aromatic carbocycles. The van der Waals surface area contributed by atoms with Crippen LogP contribution in [0.2, 0.25) is 0 Å². The number of aryl methyl sites for hydroxylation is 1. The van der Waals surface area contributed by atoms with E-state index in [0.29, 0.717) is 6.04 Å². The van der Waals surface area contributed by atoms with Crippen LogP contribution in [0.4, 0.5) is 5.69 Å². The van der Waals surface area contributed by atoms with Gasteiger partial charge in [-0.2, -0.15) is 0 Å². The van der Waals surface area contributed by atoms with Crippen LogP contribution in [0.1, 0.15) is 30.2 Å². The van der Waals surface area contributed by atoms with Gasteiger partial charge in [0.2, 0.25) is 0 Å². The number of nitrogens with one attached hydrogen (secondary N) is 2. The van der Waals surface area contributed by atoms with Gasteiger partial charge in [0.25, 0.3) is 0 Å². The minimum Gasteiger partial charge on any atom is -0.469 e. The lowest BCUT2D eigenvalue weighted by molar-refractivity contribution is 0.461. The molecule has 1 aliphatic rings. The van der Waals surface area contributed by atoms with Crippen molar-refractivity contribution in [1.29, 1.82) is 0 Å². The van der Waals surface area contributed by atoms with Crippen LogP contribution >= 0.6 is 0 Å². The summed E-state index contributed by atoms with van der Waals surface area (Å²) in [6.45, 7) is 0. The number of benzene rings is 1. The van der Waals surface area contributed by atoms with Gasteiger partial charge < -0.3 is 14.7 Å². The molecule has 21 heavy (non-hydrogen) atoms. The van der Waals surface area contributed by atoms with Crippen LogP contribution in [0.3, 0.4) is 0 Å². The zero-order valence-corrected chi connectivity index (χ0v) is 11.7. The normalized spacial score (nSPS) is 17.4. The smallest absolute Gasteiger partial charge is 0.109 e. The number of aromatic nitrogens is 2. The fourth-order valence-electron chi connectivity index (χ4n) is 3.00. The molecule has 4 rings (SSSR count). The molecule has 1 unspecified atom stereocenters. The van der Waals surface area contributed by atoms with E-state index in [9.17, 15) is 0 Å². The fraction of sp³-hybridized carbons (Fsp3) is 0.235. The van der Waals surface area contributed by atoms with E-state index in [1.807, 2.05) is 6.20 Å². The number of hydrogen-bond donors (Lipinski definition) is 2. The first kappa shape index (κ1) is 12.3. The van der Waals surface area contributed by atoms with Crippen molar-refractivity contribution >= 4 is 5.69 Å². The van der Waals surface area contributed by atoms with Crippen LogP contribution in [0.25, 0.3) is 11.3 Å². The maximum absolute atomic E-state index is 5.54. The van der Waals surface area contributed by atoms with Gasteiger partial charge in [-0.15, -0.1) is 0 Å². The van der Waals surface area contributed by atoms with Gasteiger partial charge in [0.15, 0.2) is 0 Å². The molecular formula is C17H17N3O. The Kier molecular flexibility index (Phi) is 2.99. The molecular weight excluding hydrogens is 262 g/mol. The Bertz CT molecular complexity index is 713. The van der Waals surface area contributed by atoms with Gasteiger partial charge in [-0.25, -0.2) is 4.98 Å². The van der Waals surface area contributed by atoms with E-state index in [0.717, 1.165) is 35.5 Å². The van der Waals surface area contributed by atoms with Gasteiger partial charge >= 0.3 is 0 Å². The topological polar surface area (TPSA) is 53.9 Å². The van der Waals surface area contributed by atoms with Crippen LogP contribution in [0, 0.1) is 0 Å². The van der Waals surface area contributed by atoms with Crippen molar-refractivity contribution in [2.24, 2.45) is 0 Å². The van der Waals surface area contributed by atoms with E-state index in [1.54, 1.807) is 12.6 Å². The van der Waals surface area contributed by atoms with Gasteiger partial charge in [0.1, 0.15) is 5.76 Å². The lowest BCUT2D eigenvalue weighted by atomic mass is 9.93. The molecule has 0 radical (unpaired) electrons. The second-order valence-electron chi connectivity index (χ2n) is 5.43. The van der Waals surface area contributed by atoms with Gasteiger partial charge in [-0.05, 0) is 36.6 Å². The van der Waals surface area contributed by atoms with E-state index in [2.05, 4.69) is 45.6 Å². The fourth-order valence-corrected chi connectivity index (χ4v) is 3.00. The average molecular weight is 279 g/mol. The molecule has 0 aliphatic heterocycles. The monoisotopic (exact) mass is 279 g/mol. The van der Waals surface area contributed by atoms with Crippen molar-refractivity contribution in [3.05, 3.63) is 60.4 Å². The summed E-state index contributed by atoms with van der Waals surface area (Å²) in [4.78, 5) is 7.17. The third-order valence-electron chi connectivity index (χ3n) is 4.09. The zero-order chi connectivity index (χ0) is 14.1. The quantitative estimate of drug-likeness (QED) is 0.757. The SMILES string of the molecule is c1ncc(-c2ccc(NC3CCCc4occc43)cc2)[nH]1. The molecule has 0 saturated carbocycles. The van der Waals surface area contributed by atoms with Gasteiger partial charge in [0, 0.05) is 17.7 Å². The Labute approximate surface area is 123 Å². The summed E-state index contributed by atoms with van der Waals surface area (Å²) in [5.74, 6) is 1.13. The van der Waals surface area contributed by atoms with Crippen molar-refractivity contribution in [3.8, 4) is 11.3 Å². The largest absolute Gasteiger partial charge is 0.469 e. The number of aromatic amines is 1. The van der Waals surface area contributed by atoms with E-state index in [1.165, 1.54) is 12.0 Å². The van der Waals surface area contributed by atoms with Crippen molar-refractivity contribution in [2.75, 3.05) is 5.32 Å². The molecule has 0 bridgehead atoms. The number of H-pyrrole nitrogens is 1. The number of hydrogen-bond acceptors (Lipinski definition) is 3. The van der Waals surface area contributed by atoms with Crippen LogP contribution in [-0.2, 0) is 6.42 Å². The predicted octanol–water partition coefficient (Wildman–Crippen LogP) is 4.16. The third kappa shape index (κ3) is 2.33. The van der Waals surface area contributed by atoms with Gasteiger partial charge in [-0.3, -0.25) is 0 Å². The molecule has 3 aromatic rings. The Balaban J connectivity index is 1.54. The third-order valence-corrected chi connectivity index (χ3v) is 4.09.